The highest BCUT2D eigenvalue weighted by molar-refractivity contribution is 6.12. The number of nitro benzene ring substituents is 1. The van der Waals surface area contributed by atoms with Crippen LogP contribution in [-0.2, 0) is 37.0 Å². The topological polar surface area (TPSA) is 154 Å². The van der Waals surface area contributed by atoms with Crippen LogP contribution in [0.1, 0.15) is 28.2 Å². The zero-order valence-corrected chi connectivity index (χ0v) is 24.7. The number of carbonyl (C=O) groups is 4. The molecule has 0 bridgehead atoms. The number of amides is 3. The monoisotopic (exact) mass is 633 g/mol. The maximum Gasteiger partial charge on any atom is 0.407 e. The first-order valence-electron chi connectivity index (χ1n) is 14.6. The summed E-state index contributed by atoms with van der Waals surface area (Å²) in [5, 5.41) is 14.6. The van der Waals surface area contributed by atoms with Crippen LogP contribution >= 0.6 is 0 Å². The average Bonchev–Trinajstić information content (AvgIpc) is 3.58. The number of nitro groups is 1. The number of hydrogen-bond acceptors (Lipinski definition) is 9. The van der Waals surface area contributed by atoms with E-state index in [9.17, 15) is 29.3 Å². The highest BCUT2D eigenvalue weighted by atomic mass is 16.7. The highest BCUT2D eigenvalue weighted by Gasteiger charge is 2.35. The van der Waals surface area contributed by atoms with Crippen LogP contribution in [0.4, 0.5) is 10.5 Å². The van der Waals surface area contributed by atoms with Crippen LogP contribution in [0.15, 0.2) is 109 Å². The van der Waals surface area contributed by atoms with Gasteiger partial charge in [0, 0.05) is 36.1 Å². The van der Waals surface area contributed by atoms with Crippen LogP contribution in [0.5, 0.6) is 5.75 Å². The molecule has 6 rings (SSSR count). The van der Waals surface area contributed by atoms with E-state index in [-0.39, 0.29) is 41.2 Å². The molecule has 4 aromatic rings. The smallest absolute Gasteiger partial charge is 0.407 e. The summed E-state index contributed by atoms with van der Waals surface area (Å²) in [4.78, 5) is 67.0. The maximum atomic E-state index is 13.3. The molecule has 47 heavy (non-hydrogen) atoms. The molecule has 0 saturated carbocycles. The summed E-state index contributed by atoms with van der Waals surface area (Å²) in [6.45, 7) is 0.103. The van der Waals surface area contributed by atoms with E-state index in [1.807, 2.05) is 78.9 Å². The van der Waals surface area contributed by atoms with Crippen molar-refractivity contribution < 1.29 is 38.4 Å². The number of fused-ring (bicyclic) bond motifs is 3. The van der Waals surface area contributed by atoms with Crippen LogP contribution in [0.25, 0.3) is 11.1 Å². The first-order valence-corrected chi connectivity index (χ1v) is 14.6. The number of nitrogens with one attached hydrogen (secondary N) is 1. The Morgan fingerprint density at radius 3 is 2.11 bits per heavy atom. The third-order valence-corrected chi connectivity index (χ3v) is 7.79. The van der Waals surface area contributed by atoms with Gasteiger partial charge in [-0.15, -0.1) is 0 Å². The molecule has 0 spiro atoms. The second kappa shape index (κ2) is 13.4. The van der Waals surface area contributed by atoms with Gasteiger partial charge in [0.2, 0.25) is 0 Å². The average molecular weight is 634 g/mol. The second-order valence-electron chi connectivity index (χ2n) is 10.8. The zero-order chi connectivity index (χ0) is 32.9. The van der Waals surface area contributed by atoms with E-state index in [1.165, 1.54) is 18.2 Å². The molecule has 1 atom stereocenters. The lowest BCUT2D eigenvalue weighted by Gasteiger charge is -2.21. The number of ether oxygens (including phenoxy) is 2. The van der Waals surface area contributed by atoms with Crippen LogP contribution in [0, 0.1) is 10.1 Å². The van der Waals surface area contributed by atoms with Crippen molar-refractivity contribution in [3.05, 3.63) is 142 Å². The Bertz CT molecular complexity index is 1840. The van der Waals surface area contributed by atoms with Crippen LogP contribution < -0.4 is 10.1 Å². The maximum absolute atomic E-state index is 13.3. The van der Waals surface area contributed by atoms with Gasteiger partial charge in [0.1, 0.15) is 25.0 Å². The number of benzene rings is 4. The van der Waals surface area contributed by atoms with Crippen molar-refractivity contribution in [1.29, 1.82) is 0 Å². The van der Waals surface area contributed by atoms with E-state index in [2.05, 4.69) is 5.32 Å². The summed E-state index contributed by atoms with van der Waals surface area (Å²) >= 11 is 0. The van der Waals surface area contributed by atoms with Crippen molar-refractivity contribution in [2.75, 3.05) is 6.61 Å². The van der Waals surface area contributed by atoms with Gasteiger partial charge in [0.15, 0.2) is 0 Å². The van der Waals surface area contributed by atoms with Gasteiger partial charge < -0.3 is 19.6 Å². The predicted octanol–water partition coefficient (Wildman–Crippen LogP) is 5.01. The number of hydrogen-bond donors (Lipinski definition) is 1. The molecule has 0 aromatic heterocycles. The van der Waals surface area contributed by atoms with Crippen molar-refractivity contribution in [3.63, 3.8) is 0 Å². The van der Waals surface area contributed by atoms with E-state index >= 15 is 0 Å². The quantitative estimate of drug-likeness (QED) is 0.136. The molecule has 0 unspecified atom stereocenters. The normalized spacial score (nSPS) is 13.9. The highest BCUT2D eigenvalue weighted by Crippen LogP contribution is 2.44. The summed E-state index contributed by atoms with van der Waals surface area (Å²) in [5.74, 6) is -3.01. The van der Waals surface area contributed by atoms with Crippen LogP contribution in [0.2, 0.25) is 0 Å². The molecule has 12 nitrogen and oxygen atoms in total. The number of hydroxylamine groups is 2. The van der Waals surface area contributed by atoms with Gasteiger partial charge in [-0.1, -0.05) is 83.9 Å². The lowest BCUT2D eigenvalue weighted by Crippen LogP contribution is -2.47. The molecule has 4 aromatic carbocycles. The minimum Gasteiger partial charge on any atom is -0.489 e. The van der Waals surface area contributed by atoms with Crippen molar-refractivity contribution >= 4 is 29.6 Å². The van der Waals surface area contributed by atoms with Crippen LogP contribution in [0.3, 0.4) is 0 Å². The Morgan fingerprint density at radius 2 is 1.47 bits per heavy atom. The molecule has 2 aliphatic rings. The Hall–Kier alpha value is -6.30. The molecule has 1 N–H and O–H groups in total. The third kappa shape index (κ3) is 6.71. The molecule has 0 saturated heterocycles. The lowest BCUT2D eigenvalue weighted by molar-refractivity contribution is -0.385. The van der Waals surface area contributed by atoms with Crippen molar-refractivity contribution in [3.8, 4) is 16.9 Å². The number of alkyl carbamates (subject to hydrolysis) is 1. The van der Waals surface area contributed by atoms with E-state index in [4.69, 9.17) is 14.3 Å². The number of carbonyl (C=O) groups excluding carboxylic acids is 4. The first kappa shape index (κ1) is 30.7. The first-order chi connectivity index (χ1) is 22.8. The number of nitrogens with zero attached hydrogens (tertiary/aromatic N) is 2. The summed E-state index contributed by atoms with van der Waals surface area (Å²) in [5.41, 5.74) is 4.53. The molecular weight excluding hydrogens is 606 g/mol. The van der Waals surface area contributed by atoms with Crippen LogP contribution in [-0.4, -0.2) is 46.5 Å². The molecule has 1 aliphatic heterocycles. The van der Waals surface area contributed by atoms with Gasteiger partial charge in [0.25, 0.3) is 17.5 Å². The third-order valence-electron chi connectivity index (χ3n) is 7.79. The van der Waals surface area contributed by atoms with E-state index < -0.39 is 41.3 Å². The minimum atomic E-state index is -1.60. The lowest BCUT2D eigenvalue weighted by atomic mass is 9.98. The number of imide groups is 1. The Balaban J connectivity index is 1.22. The summed E-state index contributed by atoms with van der Waals surface area (Å²) in [6, 6.07) is 27.2. The van der Waals surface area contributed by atoms with E-state index in [1.54, 1.807) is 0 Å². The molecule has 0 fully saturated rings. The second-order valence-corrected chi connectivity index (χ2v) is 10.8. The van der Waals surface area contributed by atoms with Gasteiger partial charge in [-0.25, -0.2) is 9.59 Å². The van der Waals surface area contributed by atoms with E-state index in [0.717, 1.165) is 40.0 Å². The summed E-state index contributed by atoms with van der Waals surface area (Å²) in [7, 11) is 0. The van der Waals surface area contributed by atoms with Gasteiger partial charge in [-0.3, -0.25) is 19.7 Å². The van der Waals surface area contributed by atoms with Gasteiger partial charge in [0.05, 0.1) is 4.92 Å². The SMILES string of the molecule is O=C(N[C@@H](Cc1cc(OCc2ccccc2)ccc1[N+](=O)[O-])C(=O)ON1C(=O)C=CC1=O)OCC1c2ccccc2-c2ccccc21. The van der Waals surface area contributed by atoms with Crippen molar-refractivity contribution in [1.82, 2.24) is 10.4 Å². The molecule has 1 aliphatic carbocycles. The van der Waals surface area contributed by atoms with Gasteiger partial charge in [-0.05, 0) is 39.9 Å². The van der Waals surface area contributed by atoms with Crippen molar-refractivity contribution in [2.24, 2.45) is 0 Å². The van der Waals surface area contributed by atoms with Gasteiger partial charge in [-0.2, -0.15) is 0 Å². The minimum absolute atomic E-state index is 0.0265. The summed E-state index contributed by atoms with van der Waals surface area (Å²) in [6.07, 6.45) is 0.375. The fraction of sp³-hybridized carbons (Fsp3) is 0.143. The molecule has 3 amide bonds. The zero-order valence-electron chi connectivity index (χ0n) is 24.7. The molecular formula is C35H27N3O9. The fourth-order valence-corrected chi connectivity index (χ4v) is 5.56. The van der Waals surface area contributed by atoms with Crippen molar-refractivity contribution in [2.45, 2.75) is 25.0 Å². The standard InChI is InChI=1S/C35H27N3O9/c39-32-16-17-33(40)37(32)47-34(41)30(19-23-18-24(14-15-31(23)38(43)44)45-20-22-8-2-1-3-9-22)36-35(42)46-21-29-27-12-6-4-10-25(27)26-11-5-7-13-28(26)29/h1-18,29-30H,19-21H2,(H,36,42)/t30-/m0/s1. The fourth-order valence-electron chi connectivity index (χ4n) is 5.56. The molecule has 12 heteroatoms. The summed E-state index contributed by atoms with van der Waals surface area (Å²) < 4.78 is 11.4. The number of rotatable bonds is 11. The van der Waals surface area contributed by atoms with E-state index in [0.29, 0.717) is 0 Å². The molecule has 1 heterocycles. The molecule has 0 radical (unpaired) electrons. The predicted molar refractivity (Wildman–Crippen MR) is 167 cm³/mol. The van der Waals surface area contributed by atoms with Gasteiger partial charge >= 0.3 is 12.1 Å². The molecule has 236 valence electrons. The Labute approximate surface area is 268 Å². The Kier molecular flexibility index (Phi) is 8.73. The Morgan fingerprint density at radius 1 is 0.851 bits per heavy atom. The largest absolute Gasteiger partial charge is 0.489 e.